The number of halogens is 2. The fourth-order valence-corrected chi connectivity index (χ4v) is 1.24. The molecule has 0 saturated carbocycles. The van der Waals surface area contributed by atoms with Crippen LogP contribution in [0.4, 0.5) is 0 Å². The third kappa shape index (κ3) is 3.29. The van der Waals surface area contributed by atoms with Gasteiger partial charge >= 0.3 is 0 Å². The van der Waals surface area contributed by atoms with Gasteiger partial charge in [-0.15, -0.1) is 11.6 Å². The summed E-state index contributed by atoms with van der Waals surface area (Å²) in [7, 11) is 0. The molecule has 13 heavy (non-hydrogen) atoms. The first-order valence-electron chi connectivity index (χ1n) is 3.95. The van der Waals surface area contributed by atoms with Gasteiger partial charge in [0.05, 0.1) is 0 Å². The summed E-state index contributed by atoms with van der Waals surface area (Å²) >= 11 is 11.3. The van der Waals surface area contributed by atoms with Crippen LogP contribution in [-0.4, -0.2) is 11.0 Å². The number of hydrogen-bond donors (Lipinski definition) is 1. The molecule has 0 aliphatic rings. The average molecular weight is 217 g/mol. The molecule has 1 aromatic rings. The largest absolute Gasteiger partial charge is 0.507 e. The van der Waals surface area contributed by atoms with Crippen molar-refractivity contribution in [1.29, 1.82) is 0 Å². The maximum Gasteiger partial charge on any atom is 0.122 e. The number of rotatable bonds is 3. The van der Waals surface area contributed by atoms with Gasteiger partial charge in [-0.25, -0.2) is 0 Å². The molecule has 0 unspecified atom stereocenters. The van der Waals surface area contributed by atoms with Gasteiger partial charge in [-0.3, -0.25) is 0 Å². The number of allylic oxidation sites excluding steroid dienone is 1. The predicted octanol–water partition coefficient (Wildman–Crippen LogP) is 3.69. The topological polar surface area (TPSA) is 20.2 Å². The molecular formula is C10H10Cl2O. The van der Waals surface area contributed by atoms with Crippen molar-refractivity contribution in [3.63, 3.8) is 0 Å². The van der Waals surface area contributed by atoms with Crippen LogP contribution in [-0.2, 0) is 0 Å². The second kappa shape index (κ2) is 5.15. The summed E-state index contributed by atoms with van der Waals surface area (Å²) in [6.45, 7) is 0. The lowest BCUT2D eigenvalue weighted by molar-refractivity contribution is 0.474. The molecule has 0 fully saturated rings. The summed E-state index contributed by atoms with van der Waals surface area (Å²) in [5, 5.41) is 10.0. The molecule has 0 aliphatic carbocycles. The van der Waals surface area contributed by atoms with Crippen molar-refractivity contribution in [2.75, 3.05) is 5.88 Å². The second-order valence-corrected chi connectivity index (χ2v) is 3.40. The molecule has 0 saturated heterocycles. The third-order valence-corrected chi connectivity index (χ3v) is 2.02. The molecule has 1 rings (SSSR count). The molecule has 0 aromatic heterocycles. The highest BCUT2D eigenvalue weighted by molar-refractivity contribution is 6.30. The number of alkyl halides is 1. The lowest BCUT2D eigenvalue weighted by Crippen LogP contribution is -1.75. The van der Waals surface area contributed by atoms with Gasteiger partial charge in [0.15, 0.2) is 0 Å². The Hall–Kier alpha value is -0.660. The van der Waals surface area contributed by atoms with Crippen LogP contribution in [0.5, 0.6) is 5.75 Å². The van der Waals surface area contributed by atoms with Crippen LogP contribution < -0.4 is 0 Å². The standard InChI is InChI=1S/C10H10Cl2O/c11-6-2-1-3-8-7-9(12)4-5-10(8)13/h1,3-5,7,13H,2,6H2. The smallest absolute Gasteiger partial charge is 0.122 e. The number of phenols is 1. The molecule has 70 valence electrons. The molecule has 0 amide bonds. The molecule has 0 spiro atoms. The quantitative estimate of drug-likeness (QED) is 0.765. The van der Waals surface area contributed by atoms with Gasteiger partial charge in [0, 0.05) is 16.5 Å². The minimum atomic E-state index is 0.232. The van der Waals surface area contributed by atoms with E-state index in [4.69, 9.17) is 23.2 Å². The fraction of sp³-hybridized carbons (Fsp3) is 0.200. The zero-order valence-electron chi connectivity index (χ0n) is 7.00. The second-order valence-electron chi connectivity index (χ2n) is 2.58. The van der Waals surface area contributed by atoms with Gasteiger partial charge in [0.1, 0.15) is 5.75 Å². The summed E-state index contributed by atoms with van der Waals surface area (Å²) in [4.78, 5) is 0. The number of hydrogen-bond acceptors (Lipinski definition) is 1. The van der Waals surface area contributed by atoms with E-state index in [2.05, 4.69) is 0 Å². The van der Waals surface area contributed by atoms with Crippen LogP contribution >= 0.6 is 23.2 Å². The summed E-state index contributed by atoms with van der Waals surface area (Å²) in [5.74, 6) is 0.813. The van der Waals surface area contributed by atoms with Crippen LogP contribution in [0.1, 0.15) is 12.0 Å². The molecule has 1 aromatic carbocycles. The number of benzene rings is 1. The van der Waals surface area contributed by atoms with E-state index < -0.39 is 0 Å². The Kier molecular flexibility index (Phi) is 4.13. The van der Waals surface area contributed by atoms with E-state index in [0.717, 1.165) is 12.0 Å². The Morgan fingerprint density at radius 3 is 2.85 bits per heavy atom. The van der Waals surface area contributed by atoms with Gasteiger partial charge in [0.25, 0.3) is 0 Å². The summed E-state index contributed by atoms with van der Waals surface area (Å²) < 4.78 is 0. The zero-order valence-corrected chi connectivity index (χ0v) is 8.52. The Bertz CT molecular complexity index is 308. The highest BCUT2D eigenvalue weighted by Crippen LogP contribution is 2.22. The highest BCUT2D eigenvalue weighted by Gasteiger charge is 1.96. The van der Waals surface area contributed by atoms with E-state index in [-0.39, 0.29) is 5.75 Å². The van der Waals surface area contributed by atoms with E-state index in [1.807, 2.05) is 12.2 Å². The maximum absolute atomic E-state index is 9.39. The van der Waals surface area contributed by atoms with E-state index in [0.29, 0.717) is 10.9 Å². The number of aromatic hydroxyl groups is 1. The molecule has 0 atom stereocenters. The highest BCUT2D eigenvalue weighted by atomic mass is 35.5. The van der Waals surface area contributed by atoms with E-state index in [1.165, 1.54) is 0 Å². The van der Waals surface area contributed by atoms with Crippen molar-refractivity contribution in [3.8, 4) is 5.75 Å². The van der Waals surface area contributed by atoms with Gasteiger partial charge < -0.3 is 5.11 Å². The van der Waals surface area contributed by atoms with Crippen molar-refractivity contribution in [1.82, 2.24) is 0 Å². The Labute approximate surface area is 87.6 Å². The van der Waals surface area contributed by atoms with E-state index >= 15 is 0 Å². The normalized spacial score (nSPS) is 10.9. The molecule has 0 radical (unpaired) electrons. The van der Waals surface area contributed by atoms with Crippen molar-refractivity contribution in [3.05, 3.63) is 34.9 Å². The monoisotopic (exact) mass is 216 g/mol. The summed E-state index contributed by atoms with van der Waals surface area (Å²) in [6.07, 6.45) is 4.50. The van der Waals surface area contributed by atoms with Crippen molar-refractivity contribution < 1.29 is 5.11 Å². The Balaban J connectivity index is 2.81. The van der Waals surface area contributed by atoms with Gasteiger partial charge in [0.2, 0.25) is 0 Å². The summed E-state index contributed by atoms with van der Waals surface area (Å²) in [6, 6.07) is 4.93. The first kappa shape index (κ1) is 10.4. The predicted molar refractivity (Wildman–Crippen MR) is 57.5 cm³/mol. The Morgan fingerprint density at radius 1 is 1.38 bits per heavy atom. The maximum atomic E-state index is 9.39. The lowest BCUT2D eigenvalue weighted by Gasteiger charge is -1.98. The average Bonchev–Trinajstić information content (AvgIpc) is 2.11. The summed E-state index contributed by atoms with van der Waals surface area (Å²) in [5.41, 5.74) is 0.720. The third-order valence-electron chi connectivity index (χ3n) is 1.56. The van der Waals surface area contributed by atoms with Crippen LogP contribution in [0, 0.1) is 0 Å². The first-order chi connectivity index (χ1) is 6.24. The van der Waals surface area contributed by atoms with E-state index in [1.54, 1.807) is 18.2 Å². The SMILES string of the molecule is Oc1ccc(Cl)cc1C=CCCCl. The fourth-order valence-electron chi connectivity index (χ4n) is 0.932. The van der Waals surface area contributed by atoms with E-state index in [9.17, 15) is 5.11 Å². The zero-order chi connectivity index (χ0) is 9.68. The van der Waals surface area contributed by atoms with Crippen LogP contribution in [0.2, 0.25) is 5.02 Å². The lowest BCUT2D eigenvalue weighted by atomic mass is 10.2. The molecule has 0 bridgehead atoms. The first-order valence-corrected chi connectivity index (χ1v) is 4.86. The van der Waals surface area contributed by atoms with Crippen molar-refractivity contribution in [2.45, 2.75) is 6.42 Å². The molecule has 0 heterocycles. The molecular weight excluding hydrogens is 207 g/mol. The number of phenolic OH excluding ortho intramolecular Hbond substituents is 1. The minimum absolute atomic E-state index is 0.232. The van der Waals surface area contributed by atoms with Gasteiger partial charge in [-0.2, -0.15) is 0 Å². The van der Waals surface area contributed by atoms with Crippen LogP contribution in [0.15, 0.2) is 24.3 Å². The Morgan fingerprint density at radius 2 is 2.15 bits per heavy atom. The molecule has 3 heteroatoms. The van der Waals surface area contributed by atoms with Crippen LogP contribution in [0.3, 0.4) is 0 Å². The van der Waals surface area contributed by atoms with Crippen LogP contribution in [0.25, 0.3) is 6.08 Å². The van der Waals surface area contributed by atoms with Gasteiger partial charge in [-0.1, -0.05) is 23.8 Å². The molecule has 0 aliphatic heterocycles. The van der Waals surface area contributed by atoms with Crippen molar-refractivity contribution in [2.24, 2.45) is 0 Å². The minimum Gasteiger partial charge on any atom is -0.507 e. The molecule has 1 N–H and O–H groups in total. The van der Waals surface area contributed by atoms with Gasteiger partial charge in [-0.05, 0) is 24.6 Å². The van der Waals surface area contributed by atoms with Crippen molar-refractivity contribution >= 4 is 29.3 Å². The molecule has 1 nitrogen and oxygen atoms in total.